The van der Waals surface area contributed by atoms with Gasteiger partial charge >= 0.3 is 5.97 Å². The topological polar surface area (TPSA) is 55.4 Å². The van der Waals surface area contributed by atoms with Crippen molar-refractivity contribution in [3.63, 3.8) is 0 Å². The van der Waals surface area contributed by atoms with Gasteiger partial charge in [-0.3, -0.25) is 4.79 Å². The molecule has 1 aliphatic heterocycles. The van der Waals surface area contributed by atoms with Crippen LogP contribution >= 0.6 is 0 Å². The molecule has 3 rings (SSSR count). The van der Waals surface area contributed by atoms with Crippen molar-refractivity contribution >= 4 is 17.4 Å². The number of aryl methyl sites for hydroxylation is 1. The third kappa shape index (κ3) is 1.93. The third-order valence-electron chi connectivity index (χ3n) is 3.72. The number of nitrogens with one attached hydrogen (secondary N) is 1. The Kier molecular flexibility index (Phi) is 2.93. The number of ketones is 1. The van der Waals surface area contributed by atoms with Gasteiger partial charge in [0, 0.05) is 11.3 Å². The Bertz CT molecular complexity index is 658. The molecule has 0 spiro atoms. The highest BCUT2D eigenvalue weighted by molar-refractivity contribution is 6.07. The number of fused-ring (bicyclic) bond motifs is 2. The van der Waals surface area contributed by atoms with Crippen molar-refractivity contribution in [2.24, 2.45) is 5.92 Å². The van der Waals surface area contributed by atoms with Gasteiger partial charge in [0.2, 0.25) is 0 Å². The predicted octanol–water partition coefficient (Wildman–Crippen LogP) is 2.26. The average molecular weight is 269 g/mol. The predicted molar refractivity (Wildman–Crippen MR) is 75.6 cm³/mol. The van der Waals surface area contributed by atoms with Gasteiger partial charge in [-0.25, -0.2) is 4.79 Å². The zero-order valence-electron chi connectivity index (χ0n) is 11.3. The summed E-state index contributed by atoms with van der Waals surface area (Å²) in [5.74, 6) is -0.565. The van der Waals surface area contributed by atoms with Crippen molar-refractivity contribution in [2.75, 3.05) is 12.4 Å². The number of benzene rings is 1. The van der Waals surface area contributed by atoms with Gasteiger partial charge in [-0.05, 0) is 25.1 Å². The number of carbonyl (C=O) groups is 2. The molecular formula is C16H15NO3. The van der Waals surface area contributed by atoms with Crippen LogP contribution < -0.4 is 5.32 Å². The van der Waals surface area contributed by atoms with Crippen molar-refractivity contribution in [1.29, 1.82) is 0 Å². The number of rotatable bonds is 1. The number of methoxy groups -OCH3 is 1. The first-order valence-electron chi connectivity index (χ1n) is 6.50. The van der Waals surface area contributed by atoms with E-state index in [0.29, 0.717) is 11.1 Å². The van der Waals surface area contributed by atoms with E-state index in [1.54, 1.807) is 18.2 Å². The Hall–Kier alpha value is -2.36. The molecule has 2 unspecified atom stereocenters. The fourth-order valence-electron chi connectivity index (χ4n) is 2.66. The van der Waals surface area contributed by atoms with Gasteiger partial charge in [0.1, 0.15) is 0 Å². The number of anilines is 1. The van der Waals surface area contributed by atoms with Gasteiger partial charge in [-0.1, -0.05) is 23.8 Å². The number of hydrogen-bond acceptors (Lipinski definition) is 4. The fraction of sp³-hybridized carbons (Fsp3) is 0.250. The smallest absolute Gasteiger partial charge is 0.337 e. The lowest BCUT2D eigenvalue weighted by atomic mass is 9.81. The lowest BCUT2D eigenvalue weighted by Crippen LogP contribution is -2.39. The molecule has 20 heavy (non-hydrogen) atoms. The minimum absolute atomic E-state index is 0.0869. The van der Waals surface area contributed by atoms with Gasteiger partial charge in [-0.2, -0.15) is 0 Å². The molecule has 0 saturated carbocycles. The summed E-state index contributed by atoms with van der Waals surface area (Å²) in [5.41, 5.74) is 3.07. The molecule has 4 heteroatoms. The summed E-state index contributed by atoms with van der Waals surface area (Å²) in [7, 11) is 1.35. The van der Waals surface area contributed by atoms with Gasteiger partial charge < -0.3 is 10.1 Å². The molecule has 1 N–H and O–H groups in total. The van der Waals surface area contributed by atoms with E-state index in [1.807, 2.05) is 25.1 Å². The SMILES string of the molecule is COC(=O)C1=CC2Nc3ccc(C)cc3C(=O)C2C=C1. The first-order valence-corrected chi connectivity index (χ1v) is 6.50. The van der Waals surface area contributed by atoms with Gasteiger partial charge in [-0.15, -0.1) is 0 Å². The van der Waals surface area contributed by atoms with Gasteiger partial charge in [0.05, 0.1) is 24.6 Å². The van der Waals surface area contributed by atoms with E-state index in [4.69, 9.17) is 4.74 Å². The van der Waals surface area contributed by atoms with Crippen molar-refractivity contribution in [3.8, 4) is 0 Å². The minimum Gasteiger partial charge on any atom is -0.465 e. The summed E-state index contributed by atoms with van der Waals surface area (Å²) in [5, 5.41) is 3.31. The van der Waals surface area contributed by atoms with Crippen LogP contribution in [0.25, 0.3) is 0 Å². The summed E-state index contributed by atoms with van der Waals surface area (Å²) >= 11 is 0. The molecule has 0 fully saturated rings. The molecule has 1 aromatic carbocycles. The Morgan fingerprint density at radius 1 is 1.35 bits per heavy atom. The zero-order valence-corrected chi connectivity index (χ0v) is 11.3. The number of carbonyl (C=O) groups excluding carboxylic acids is 2. The van der Waals surface area contributed by atoms with Crippen LogP contribution in [0.2, 0.25) is 0 Å². The summed E-state index contributed by atoms with van der Waals surface area (Å²) in [6, 6.07) is 5.57. The number of hydrogen-bond donors (Lipinski definition) is 1. The molecule has 0 radical (unpaired) electrons. The minimum atomic E-state index is -0.386. The molecule has 0 amide bonds. The molecule has 1 heterocycles. The van der Waals surface area contributed by atoms with Gasteiger partial charge in [0.15, 0.2) is 5.78 Å². The van der Waals surface area contributed by atoms with Crippen molar-refractivity contribution in [2.45, 2.75) is 13.0 Å². The van der Waals surface area contributed by atoms with E-state index in [-0.39, 0.29) is 23.7 Å². The van der Waals surface area contributed by atoms with Crippen LogP contribution in [0.4, 0.5) is 5.69 Å². The maximum Gasteiger partial charge on any atom is 0.337 e. The van der Waals surface area contributed by atoms with Gasteiger partial charge in [0.25, 0.3) is 0 Å². The molecule has 102 valence electrons. The Labute approximate surface area is 117 Å². The number of ether oxygens (including phenoxy) is 1. The fourth-order valence-corrected chi connectivity index (χ4v) is 2.66. The van der Waals surface area contributed by atoms with E-state index in [2.05, 4.69) is 5.32 Å². The number of Topliss-reactive ketones (excluding diaryl/α,β-unsaturated/α-hetero) is 1. The first-order chi connectivity index (χ1) is 9.60. The lowest BCUT2D eigenvalue weighted by molar-refractivity contribution is -0.135. The summed E-state index contributed by atoms with van der Waals surface area (Å²) in [4.78, 5) is 24.1. The molecular weight excluding hydrogens is 254 g/mol. The molecule has 1 aromatic rings. The standard InChI is InChI=1S/C16H15NO3/c1-9-3-6-13-12(7-9)15(18)11-5-4-10(16(19)20-2)8-14(11)17-13/h3-8,11,14,17H,1-2H3. The second kappa shape index (κ2) is 4.63. The maximum absolute atomic E-state index is 12.5. The molecule has 2 atom stereocenters. The monoisotopic (exact) mass is 269 g/mol. The Morgan fingerprint density at radius 2 is 2.15 bits per heavy atom. The number of esters is 1. The second-order valence-corrected chi connectivity index (χ2v) is 5.08. The third-order valence-corrected chi connectivity index (χ3v) is 3.72. The highest BCUT2D eigenvalue weighted by Crippen LogP contribution is 2.33. The Morgan fingerprint density at radius 3 is 2.90 bits per heavy atom. The zero-order chi connectivity index (χ0) is 14.3. The molecule has 1 aliphatic carbocycles. The van der Waals surface area contributed by atoms with Crippen molar-refractivity contribution in [1.82, 2.24) is 0 Å². The van der Waals surface area contributed by atoms with E-state index < -0.39 is 0 Å². The van der Waals surface area contributed by atoms with Crippen LogP contribution in [-0.4, -0.2) is 24.9 Å². The van der Waals surface area contributed by atoms with Crippen LogP contribution in [-0.2, 0) is 9.53 Å². The van der Waals surface area contributed by atoms with Crippen LogP contribution in [0, 0.1) is 12.8 Å². The highest BCUT2D eigenvalue weighted by atomic mass is 16.5. The van der Waals surface area contributed by atoms with E-state index in [9.17, 15) is 9.59 Å². The van der Waals surface area contributed by atoms with Crippen molar-refractivity contribution in [3.05, 3.63) is 53.1 Å². The molecule has 0 bridgehead atoms. The maximum atomic E-state index is 12.5. The van der Waals surface area contributed by atoms with Crippen molar-refractivity contribution < 1.29 is 14.3 Å². The first kappa shape index (κ1) is 12.7. The van der Waals surface area contributed by atoms with Crippen LogP contribution in [0.1, 0.15) is 15.9 Å². The largest absolute Gasteiger partial charge is 0.465 e. The molecule has 4 nitrogen and oxygen atoms in total. The molecule has 0 saturated heterocycles. The normalized spacial score (nSPS) is 23.3. The summed E-state index contributed by atoms with van der Waals surface area (Å²) < 4.78 is 4.71. The average Bonchev–Trinajstić information content (AvgIpc) is 2.47. The lowest BCUT2D eigenvalue weighted by Gasteiger charge is -2.32. The van der Waals surface area contributed by atoms with Crippen LogP contribution in [0.3, 0.4) is 0 Å². The van der Waals surface area contributed by atoms with E-state index in [1.165, 1.54) is 7.11 Å². The second-order valence-electron chi connectivity index (χ2n) is 5.08. The summed E-state index contributed by atoms with van der Waals surface area (Å²) in [6.45, 7) is 1.96. The highest BCUT2D eigenvalue weighted by Gasteiger charge is 2.35. The Balaban J connectivity index is 1.99. The summed E-state index contributed by atoms with van der Waals surface area (Å²) in [6.07, 6.45) is 5.20. The van der Waals surface area contributed by atoms with E-state index >= 15 is 0 Å². The van der Waals surface area contributed by atoms with E-state index in [0.717, 1.165) is 11.3 Å². The molecule has 0 aromatic heterocycles. The van der Waals surface area contributed by atoms with Crippen LogP contribution in [0.5, 0.6) is 0 Å². The van der Waals surface area contributed by atoms with Crippen LogP contribution in [0.15, 0.2) is 42.0 Å². The molecule has 2 aliphatic rings. The quantitative estimate of drug-likeness (QED) is 0.794.